The number of rotatable bonds is 4. The SMILES string of the molecule is COCC/C=C/c1cc(C)c2[nH]ncc2c1. The van der Waals surface area contributed by atoms with Crippen LogP contribution in [0, 0.1) is 6.92 Å². The summed E-state index contributed by atoms with van der Waals surface area (Å²) in [5.41, 5.74) is 3.55. The van der Waals surface area contributed by atoms with Crippen molar-refractivity contribution in [3.05, 3.63) is 35.5 Å². The summed E-state index contributed by atoms with van der Waals surface area (Å²) in [6, 6.07) is 4.29. The first-order valence-electron chi connectivity index (χ1n) is 5.40. The first-order chi connectivity index (χ1) is 7.81. The molecule has 0 aliphatic rings. The zero-order valence-electron chi connectivity index (χ0n) is 9.66. The minimum absolute atomic E-state index is 0.767. The van der Waals surface area contributed by atoms with Gasteiger partial charge < -0.3 is 4.74 Å². The van der Waals surface area contributed by atoms with Crippen molar-refractivity contribution in [3.8, 4) is 0 Å². The van der Waals surface area contributed by atoms with Crippen molar-refractivity contribution in [3.63, 3.8) is 0 Å². The molecular weight excluding hydrogens is 200 g/mol. The van der Waals surface area contributed by atoms with Crippen LogP contribution in [-0.4, -0.2) is 23.9 Å². The molecule has 0 aliphatic heterocycles. The van der Waals surface area contributed by atoms with Crippen LogP contribution in [0.4, 0.5) is 0 Å². The minimum atomic E-state index is 0.767. The van der Waals surface area contributed by atoms with E-state index in [4.69, 9.17) is 4.74 Å². The zero-order valence-corrected chi connectivity index (χ0v) is 9.66. The highest BCUT2D eigenvalue weighted by Gasteiger charge is 2.00. The molecule has 2 aromatic rings. The first kappa shape index (κ1) is 10.9. The van der Waals surface area contributed by atoms with Crippen molar-refractivity contribution < 1.29 is 4.74 Å². The maximum atomic E-state index is 5.00. The number of hydrogen-bond acceptors (Lipinski definition) is 2. The summed E-state index contributed by atoms with van der Waals surface area (Å²) in [5.74, 6) is 0. The summed E-state index contributed by atoms with van der Waals surface area (Å²) in [6.45, 7) is 2.86. The second-order valence-corrected chi connectivity index (χ2v) is 3.86. The molecule has 0 saturated heterocycles. The largest absolute Gasteiger partial charge is 0.384 e. The average molecular weight is 216 g/mol. The smallest absolute Gasteiger partial charge is 0.0679 e. The van der Waals surface area contributed by atoms with E-state index in [1.807, 2.05) is 6.20 Å². The summed E-state index contributed by atoms with van der Waals surface area (Å²) < 4.78 is 5.00. The second-order valence-electron chi connectivity index (χ2n) is 3.86. The van der Waals surface area contributed by atoms with Crippen molar-refractivity contribution in [1.82, 2.24) is 10.2 Å². The fourth-order valence-corrected chi connectivity index (χ4v) is 1.77. The molecule has 84 valence electrons. The molecule has 1 aromatic carbocycles. The van der Waals surface area contributed by atoms with Crippen LogP contribution in [0.15, 0.2) is 24.4 Å². The van der Waals surface area contributed by atoms with E-state index in [9.17, 15) is 0 Å². The van der Waals surface area contributed by atoms with E-state index in [1.165, 1.54) is 11.1 Å². The van der Waals surface area contributed by atoms with E-state index in [1.54, 1.807) is 7.11 Å². The molecule has 0 saturated carbocycles. The number of fused-ring (bicyclic) bond motifs is 1. The number of aromatic amines is 1. The van der Waals surface area contributed by atoms with Crippen LogP contribution in [-0.2, 0) is 4.74 Å². The van der Waals surface area contributed by atoms with Gasteiger partial charge in [0.25, 0.3) is 0 Å². The predicted octanol–water partition coefficient (Wildman–Crippen LogP) is 2.92. The molecule has 0 fully saturated rings. The molecule has 1 heterocycles. The van der Waals surface area contributed by atoms with Crippen molar-refractivity contribution in [2.75, 3.05) is 13.7 Å². The van der Waals surface area contributed by atoms with Crippen LogP contribution >= 0.6 is 0 Å². The van der Waals surface area contributed by atoms with E-state index < -0.39 is 0 Å². The monoisotopic (exact) mass is 216 g/mol. The molecule has 0 radical (unpaired) electrons. The molecule has 3 nitrogen and oxygen atoms in total. The van der Waals surface area contributed by atoms with Gasteiger partial charge in [-0.15, -0.1) is 0 Å². The number of ether oxygens (including phenoxy) is 1. The van der Waals surface area contributed by atoms with Gasteiger partial charge in [0.1, 0.15) is 0 Å². The summed E-state index contributed by atoms with van der Waals surface area (Å²) in [6.07, 6.45) is 7.05. The molecule has 0 spiro atoms. The number of methoxy groups -OCH3 is 1. The number of nitrogens with one attached hydrogen (secondary N) is 1. The normalized spacial score (nSPS) is 11.6. The lowest BCUT2D eigenvalue weighted by atomic mass is 10.1. The topological polar surface area (TPSA) is 37.9 Å². The lowest BCUT2D eigenvalue weighted by Gasteiger charge is -1.99. The second kappa shape index (κ2) is 4.94. The standard InChI is InChI=1S/C13H16N2O/c1-10-7-11(5-3-4-6-16-2)8-12-9-14-15-13(10)12/h3,5,7-9H,4,6H2,1-2H3,(H,14,15)/b5-3+. The molecule has 0 amide bonds. The number of hydrogen-bond donors (Lipinski definition) is 1. The van der Waals surface area contributed by atoms with Crippen LogP contribution in [0.1, 0.15) is 17.5 Å². The van der Waals surface area contributed by atoms with Crippen LogP contribution < -0.4 is 0 Å². The number of benzene rings is 1. The summed E-state index contributed by atoms with van der Waals surface area (Å²) in [5, 5.41) is 8.20. The highest BCUT2D eigenvalue weighted by atomic mass is 16.5. The summed E-state index contributed by atoms with van der Waals surface area (Å²) in [7, 11) is 1.72. The van der Waals surface area contributed by atoms with Gasteiger partial charge in [-0.05, 0) is 36.6 Å². The van der Waals surface area contributed by atoms with Gasteiger partial charge >= 0.3 is 0 Å². The number of nitrogens with zero attached hydrogens (tertiary/aromatic N) is 1. The third-order valence-electron chi connectivity index (χ3n) is 2.57. The van der Waals surface area contributed by atoms with Crippen LogP contribution in [0.25, 0.3) is 17.0 Å². The van der Waals surface area contributed by atoms with Gasteiger partial charge in [-0.1, -0.05) is 12.2 Å². The van der Waals surface area contributed by atoms with Crippen molar-refractivity contribution >= 4 is 17.0 Å². The van der Waals surface area contributed by atoms with E-state index in [0.29, 0.717) is 0 Å². The zero-order chi connectivity index (χ0) is 11.4. The van der Waals surface area contributed by atoms with Gasteiger partial charge in [0.05, 0.1) is 11.7 Å². The van der Waals surface area contributed by atoms with Crippen LogP contribution in [0.5, 0.6) is 0 Å². The Morgan fingerprint density at radius 3 is 3.12 bits per heavy atom. The molecular formula is C13H16N2O. The average Bonchev–Trinajstić information content (AvgIpc) is 2.73. The Morgan fingerprint density at radius 2 is 2.31 bits per heavy atom. The Morgan fingerprint density at radius 1 is 1.44 bits per heavy atom. The molecule has 2 rings (SSSR count). The van der Waals surface area contributed by atoms with Crippen LogP contribution in [0.3, 0.4) is 0 Å². The Hall–Kier alpha value is -1.61. The van der Waals surface area contributed by atoms with E-state index in [-0.39, 0.29) is 0 Å². The van der Waals surface area contributed by atoms with Gasteiger partial charge in [-0.25, -0.2) is 0 Å². The maximum absolute atomic E-state index is 5.00. The third-order valence-corrected chi connectivity index (χ3v) is 2.57. The molecule has 3 heteroatoms. The lowest BCUT2D eigenvalue weighted by molar-refractivity contribution is 0.204. The van der Waals surface area contributed by atoms with Gasteiger partial charge in [0.2, 0.25) is 0 Å². The summed E-state index contributed by atoms with van der Waals surface area (Å²) >= 11 is 0. The van der Waals surface area contributed by atoms with Crippen molar-refractivity contribution in [1.29, 1.82) is 0 Å². The molecule has 1 aromatic heterocycles. The molecule has 0 unspecified atom stereocenters. The number of aromatic nitrogens is 2. The summed E-state index contributed by atoms with van der Waals surface area (Å²) in [4.78, 5) is 0. The van der Waals surface area contributed by atoms with Crippen molar-refractivity contribution in [2.24, 2.45) is 0 Å². The first-order valence-corrected chi connectivity index (χ1v) is 5.40. The highest BCUT2D eigenvalue weighted by Crippen LogP contribution is 2.18. The maximum Gasteiger partial charge on any atom is 0.0679 e. The van der Waals surface area contributed by atoms with Gasteiger partial charge in [0.15, 0.2) is 0 Å². The highest BCUT2D eigenvalue weighted by molar-refractivity contribution is 5.83. The molecule has 1 N–H and O–H groups in total. The third kappa shape index (κ3) is 2.31. The van der Waals surface area contributed by atoms with E-state index >= 15 is 0 Å². The minimum Gasteiger partial charge on any atom is -0.384 e. The molecule has 0 aliphatic carbocycles. The molecule has 16 heavy (non-hydrogen) atoms. The fourth-order valence-electron chi connectivity index (χ4n) is 1.77. The number of H-pyrrole nitrogens is 1. The predicted molar refractivity (Wildman–Crippen MR) is 66.4 cm³/mol. The van der Waals surface area contributed by atoms with Crippen LogP contribution in [0.2, 0.25) is 0 Å². The quantitative estimate of drug-likeness (QED) is 0.798. The Balaban J connectivity index is 2.21. The Kier molecular flexibility index (Phi) is 3.37. The van der Waals surface area contributed by atoms with Gasteiger partial charge in [-0.3, -0.25) is 5.10 Å². The van der Waals surface area contributed by atoms with E-state index in [0.717, 1.165) is 23.9 Å². The van der Waals surface area contributed by atoms with E-state index in [2.05, 4.69) is 41.4 Å². The fraction of sp³-hybridized carbons (Fsp3) is 0.308. The molecule has 0 bridgehead atoms. The lowest BCUT2D eigenvalue weighted by Crippen LogP contribution is -1.84. The van der Waals surface area contributed by atoms with Gasteiger partial charge in [0, 0.05) is 19.1 Å². The van der Waals surface area contributed by atoms with Gasteiger partial charge in [-0.2, -0.15) is 5.10 Å². The Bertz CT molecular complexity index is 500. The Labute approximate surface area is 95.1 Å². The number of aryl methyl sites for hydroxylation is 1. The van der Waals surface area contributed by atoms with Crippen molar-refractivity contribution in [2.45, 2.75) is 13.3 Å². The molecule has 0 atom stereocenters.